The molecule has 1 amide bonds. The monoisotopic (exact) mass is 714 g/mol. The summed E-state index contributed by atoms with van der Waals surface area (Å²) in [4.78, 5) is 34.6. The highest BCUT2D eigenvalue weighted by molar-refractivity contribution is 7.18. The van der Waals surface area contributed by atoms with E-state index in [1.807, 2.05) is 42.5 Å². The molecule has 0 aliphatic carbocycles. The topological polar surface area (TPSA) is 119 Å². The molecule has 9 nitrogen and oxygen atoms in total. The minimum absolute atomic E-state index is 0.128. The van der Waals surface area contributed by atoms with Crippen LogP contribution in [0.25, 0.3) is 32.5 Å². The van der Waals surface area contributed by atoms with E-state index in [-0.39, 0.29) is 17.9 Å². The molecule has 2 aromatic heterocycles. The summed E-state index contributed by atoms with van der Waals surface area (Å²) in [6.45, 7) is 3.64. The highest BCUT2D eigenvalue weighted by Gasteiger charge is 2.25. The maximum absolute atomic E-state index is 11.4. The van der Waals surface area contributed by atoms with E-state index in [0.717, 1.165) is 69.1 Å². The number of hydrogen-bond acceptors (Lipinski definition) is 8. The Labute approximate surface area is 298 Å². The van der Waals surface area contributed by atoms with E-state index in [1.165, 1.54) is 0 Å². The number of anilines is 2. The lowest BCUT2D eigenvalue weighted by molar-refractivity contribution is -0.143. The number of carboxylic acid groups (broad SMARTS) is 1. The summed E-state index contributed by atoms with van der Waals surface area (Å²) in [5, 5.41) is 21.3. The Morgan fingerprint density at radius 1 is 0.959 bits per heavy atom. The molecule has 252 valence electrons. The summed E-state index contributed by atoms with van der Waals surface area (Å²) < 4.78 is 1.01. The van der Waals surface area contributed by atoms with E-state index in [1.54, 1.807) is 17.5 Å². The Morgan fingerprint density at radius 3 is 2.43 bits per heavy atom. The van der Waals surface area contributed by atoms with Crippen LogP contribution in [0.15, 0.2) is 72.9 Å². The molecule has 0 saturated carbocycles. The quantitative estimate of drug-likeness (QED) is 0.110. The van der Waals surface area contributed by atoms with Crippen LogP contribution >= 0.6 is 34.5 Å². The zero-order valence-corrected chi connectivity index (χ0v) is 29.0. The number of carbonyl (C=O) groups excluding carboxylic acids is 1. The maximum Gasteiger partial charge on any atom is 0.306 e. The normalized spacial score (nSPS) is 17.0. The van der Waals surface area contributed by atoms with Crippen molar-refractivity contribution in [2.45, 2.75) is 44.8 Å². The summed E-state index contributed by atoms with van der Waals surface area (Å²) in [6, 6.07) is 22.3. The minimum Gasteiger partial charge on any atom is -0.481 e. The zero-order chi connectivity index (χ0) is 33.9. The number of pyridine rings is 1. The standard InChI is InChI=1S/C37H36Cl2N6O3S/c38-33-26(23-9-7-22(8-10-23)19-40-20-25-11-12-31(46)42-25)3-1-4-27(33)28-5-2-6-29(34(28)39)43-36-35-30(13-16-41-36)49-32(44-35)21-45-17-14-24(15-18-45)37(47)48/h1-10,13,16,24-25,40H,11-12,14-15,17-21H2,(H,41,43)(H,42,46)(H,47,48)/t25-/m0/s1. The van der Waals surface area contributed by atoms with Crippen molar-refractivity contribution in [1.82, 2.24) is 25.5 Å². The van der Waals surface area contributed by atoms with E-state index in [4.69, 9.17) is 28.2 Å². The molecular formula is C37H36Cl2N6O3S. The number of fused-ring (bicyclic) bond motifs is 1. The number of carbonyl (C=O) groups is 2. The second-order valence-corrected chi connectivity index (χ2v) is 14.5. The summed E-state index contributed by atoms with van der Waals surface area (Å²) in [5.74, 6) is -0.221. The summed E-state index contributed by atoms with van der Waals surface area (Å²) in [6.07, 6.45) is 4.56. The van der Waals surface area contributed by atoms with Gasteiger partial charge in [-0.1, -0.05) is 77.8 Å². The van der Waals surface area contributed by atoms with Crippen molar-refractivity contribution in [3.8, 4) is 22.3 Å². The predicted octanol–water partition coefficient (Wildman–Crippen LogP) is 7.74. The fraction of sp³-hybridized carbons (Fsp3) is 0.297. The molecule has 0 spiro atoms. The average Bonchev–Trinajstić information content (AvgIpc) is 3.72. The van der Waals surface area contributed by atoms with Gasteiger partial charge in [0.25, 0.3) is 0 Å². The molecule has 7 rings (SSSR count). The molecular weight excluding hydrogens is 679 g/mol. The van der Waals surface area contributed by atoms with E-state index in [0.29, 0.717) is 53.9 Å². The van der Waals surface area contributed by atoms with Gasteiger partial charge in [-0.25, -0.2) is 9.97 Å². The van der Waals surface area contributed by atoms with E-state index in [9.17, 15) is 14.7 Å². The van der Waals surface area contributed by atoms with Crippen LogP contribution in [0.3, 0.4) is 0 Å². The van der Waals surface area contributed by atoms with Crippen LogP contribution in [0.4, 0.5) is 11.5 Å². The maximum atomic E-state index is 11.4. The van der Waals surface area contributed by atoms with Crippen molar-refractivity contribution in [3.05, 3.63) is 93.5 Å². The SMILES string of the molecule is O=C1CC[C@@H](CNCc2ccc(-c3cccc(-c4cccc(Nc5nccc6sc(CN7CCC(C(=O)O)CC7)nc56)c4Cl)c3Cl)cc2)N1. The zero-order valence-electron chi connectivity index (χ0n) is 26.7. The van der Waals surface area contributed by atoms with Crippen LogP contribution in [0.5, 0.6) is 0 Å². The molecule has 0 bridgehead atoms. The number of hydrogen-bond donors (Lipinski definition) is 4. The molecule has 1 atom stereocenters. The van der Waals surface area contributed by atoms with E-state index < -0.39 is 5.97 Å². The number of likely N-dealkylation sites (tertiary alicyclic amines) is 1. The van der Waals surface area contributed by atoms with Gasteiger partial charge in [0.15, 0.2) is 5.82 Å². The number of aromatic nitrogens is 2. The van der Waals surface area contributed by atoms with Crippen LogP contribution in [-0.2, 0) is 22.7 Å². The number of piperidine rings is 1. The highest BCUT2D eigenvalue weighted by Crippen LogP contribution is 2.42. The Morgan fingerprint density at radius 2 is 1.69 bits per heavy atom. The Bertz CT molecular complexity index is 1990. The number of carboxylic acids is 1. The number of halogens is 2. The van der Waals surface area contributed by atoms with Crippen molar-refractivity contribution in [3.63, 3.8) is 0 Å². The molecule has 3 aromatic carbocycles. The number of benzene rings is 3. The fourth-order valence-electron chi connectivity index (χ4n) is 6.54. The van der Waals surface area contributed by atoms with Crippen molar-refractivity contribution < 1.29 is 14.7 Å². The van der Waals surface area contributed by atoms with Crippen molar-refractivity contribution >= 4 is 68.1 Å². The van der Waals surface area contributed by atoms with Gasteiger partial charge in [-0.3, -0.25) is 14.5 Å². The first-order chi connectivity index (χ1) is 23.8. The third-order valence-corrected chi connectivity index (χ3v) is 11.1. The van der Waals surface area contributed by atoms with Gasteiger partial charge in [-0.05, 0) is 55.6 Å². The van der Waals surface area contributed by atoms with Crippen LogP contribution in [0, 0.1) is 5.92 Å². The number of nitrogens with zero attached hydrogens (tertiary/aromatic N) is 3. The first-order valence-electron chi connectivity index (χ1n) is 16.5. The summed E-state index contributed by atoms with van der Waals surface area (Å²) >= 11 is 15.8. The summed E-state index contributed by atoms with van der Waals surface area (Å²) in [7, 11) is 0. The van der Waals surface area contributed by atoms with Gasteiger partial charge in [-0.15, -0.1) is 11.3 Å². The number of amides is 1. The average molecular weight is 716 g/mol. The molecule has 4 N–H and O–H groups in total. The van der Waals surface area contributed by atoms with Crippen molar-refractivity contribution in [2.24, 2.45) is 5.92 Å². The molecule has 2 aliphatic rings. The molecule has 12 heteroatoms. The van der Waals surface area contributed by atoms with Crippen molar-refractivity contribution in [1.29, 1.82) is 0 Å². The number of aliphatic carboxylic acids is 1. The predicted molar refractivity (Wildman–Crippen MR) is 197 cm³/mol. The van der Waals surface area contributed by atoms with Crippen LogP contribution in [-0.4, -0.2) is 57.5 Å². The summed E-state index contributed by atoms with van der Waals surface area (Å²) in [5.41, 5.74) is 6.16. The van der Waals surface area contributed by atoms with Gasteiger partial charge in [0.1, 0.15) is 10.5 Å². The number of nitrogens with one attached hydrogen (secondary N) is 3. The van der Waals surface area contributed by atoms with Crippen molar-refractivity contribution in [2.75, 3.05) is 25.0 Å². The molecule has 0 unspecified atom stereocenters. The molecule has 5 aromatic rings. The van der Waals surface area contributed by atoms with Gasteiger partial charge >= 0.3 is 5.97 Å². The van der Waals surface area contributed by atoms with E-state index >= 15 is 0 Å². The molecule has 2 saturated heterocycles. The van der Waals surface area contributed by atoms with Gasteiger partial charge in [-0.2, -0.15) is 0 Å². The Hall–Kier alpha value is -4.06. The first-order valence-corrected chi connectivity index (χ1v) is 18.0. The van der Waals surface area contributed by atoms with Gasteiger partial charge in [0, 0.05) is 48.4 Å². The Kier molecular flexibility index (Phi) is 10.1. The molecule has 4 heterocycles. The van der Waals surface area contributed by atoms with Gasteiger partial charge < -0.3 is 21.1 Å². The van der Waals surface area contributed by atoms with Crippen LogP contribution in [0.1, 0.15) is 36.3 Å². The fourth-order valence-corrected chi connectivity index (χ4v) is 8.16. The lowest BCUT2D eigenvalue weighted by Crippen LogP contribution is -2.35. The van der Waals surface area contributed by atoms with Crippen LogP contribution < -0.4 is 16.0 Å². The molecule has 49 heavy (non-hydrogen) atoms. The molecule has 0 radical (unpaired) electrons. The number of thiazole rings is 1. The lowest BCUT2D eigenvalue weighted by Gasteiger charge is -2.29. The Balaban J connectivity index is 1.06. The largest absolute Gasteiger partial charge is 0.481 e. The van der Waals surface area contributed by atoms with E-state index in [2.05, 4.69) is 50.1 Å². The first kappa shape index (κ1) is 33.4. The van der Waals surface area contributed by atoms with Gasteiger partial charge in [0.2, 0.25) is 5.91 Å². The lowest BCUT2D eigenvalue weighted by atomic mass is 9.97. The number of rotatable bonds is 11. The van der Waals surface area contributed by atoms with Gasteiger partial charge in [0.05, 0.1) is 32.9 Å². The third-order valence-electron chi connectivity index (χ3n) is 9.26. The second kappa shape index (κ2) is 14.8. The minimum atomic E-state index is -0.706. The molecule has 2 fully saturated rings. The highest BCUT2D eigenvalue weighted by atomic mass is 35.5. The van der Waals surface area contributed by atoms with Crippen LogP contribution in [0.2, 0.25) is 10.0 Å². The second-order valence-electron chi connectivity index (χ2n) is 12.6. The smallest absolute Gasteiger partial charge is 0.306 e. The molecule has 2 aliphatic heterocycles. The third kappa shape index (κ3) is 7.59.